The smallest absolute Gasteiger partial charge is 0.254 e. The van der Waals surface area contributed by atoms with Crippen LogP contribution in [0, 0.1) is 0 Å². The highest BCUT2D eigenvalue weighted by atomic mass is 16.5. The van der Waals surface area contributed by atoms with Crippen molar-refractivity contribution in [3.8, 4) is 0 Å². The number of furan rings is 1. The third-order valence-electron chi connectivity index (χ3n) is 2.83. The molecule has 0 aromatic carbocycles. The van der Waals surface area contributed by atoms with E-state index in [2.05, 4.69) is 15.5 Å². The van der Waals surface area contributed by atoms with E-state index < -0.39 is 0 Å². The van der Waals surface area contributed by atoms with Crippen molar-refractivity contribution in [2.24, 2.45) is 0 Å². The zero-order valence-electron chi connectivity index (χ0n) is 9.76. The van der Waals surface area contributed by atoms with E-state index >= 15 is 0 Å². The standard InChI is InChI=1S/C12H13N3O3/c16-11(9-4-6-17-7-9)13-5-3-10-14-12(18-15-10)8-1-2-8/h4,6-8H,1-3,5H2,(H,13,16). The molecule has 1 amide bonds. The summed E-state index contributed by atoms with van der Waals surface area (Å²) in [6, 6.07) is 1.62. The van der Waals surface area contributed by atoms with E-state index in [4.69, 9.17) is 8.94 Å². The van der Waals surface area contributed by atoms with Crippen LogP contribution in [0.3, 0.4) is 0 Å². The van der Waals surface area contributed by atoms with Gasteiger partial charge in [-0.25, -0.2) is 0 Å². The minimum atomic E-state index is -0.158. The van der Waals surface area contributed by atoms with E-state index in [1.54, 1.807) is 6.07 Å². The van der Waals surface area contributed by atoms with Crippen molar-refractivity contribution in [2.45, 2.75) is 25.2 Å². The van der Waals surface area contributed by atoms with Gasteiger partial charge in [0.25, 0.3) is 5.91 Å². The Morgan fingerprint density at radius 3 is 3.11 bits per heavy atom. The van der Waals surface area contributed by atoms with Gasteiger partial charge >= 0.3 is 0 Å². The molecule has 18 heavy (non-hydrogen) atoms. The first-order valence-electron chi connectivity index (χ1n) is 5.96. The van der Waals surface area contributed by atoms with Gasteiger partial charge in [0.05, 0.1) is 11.8 Å². The highest BCUT2D eigenvalue weighted by Gasteiger charge is 2.29. The Morgan fingerprint density at radius 1 is 1.50 bits per heavy atom. The van der Waals surface area contributed by atoms with Gasteiger partial charge in [-0.3, -0.25) is 4.79 Å². The van der Waals surface area contributed by atoms with Gasteiger partial charge < -0.3 is 14.3 Å². The molecule has 1 aliphatic rings. The van der Waals surface area contributed by atoms with Crippen LogP contribution in [-0.4, -0.2) is 22.6 Å². The number of aromatic nitrogens is 2. The lowest BCUT2D eigenvalue weighted by Gasteiger charge is -1.99. The molecule has 1 fully saturated rings. The van der Waals surface area contributed by atoms with Crippen LogP contribution >= 0.6 is 0 Å². The maximum atomic E-state index is 11.6. The summed E-state index contributed by atoms with van der Waals surface area (Å²) in [4.78, 5) is 15.9. The molecule has 2 aromatic rings. The summed E-state index contributed by atoms with van der Waals surface area (Å²) in [5, 5.41) is 6.65. The predicted molar refractivity (Wildman–Crippen MR) is 61.0 cm³/mol. The lowest BCUT2D eigenvalue weighted by atomic mass is 10.3. The molecular formula is C12H13N3O3. The fraction of sp³-hybridized carbons (Fsp3) is 0.417. The molecule has 0 saturated heterocycles. The summed E-state index contributed by atoms with van der Waals surface area (Å²) >= 11 is 0. The van der Waals surface area contributed by atoms with Crippen LogP contribution in [0.4, 0.5) is 0 Å². The molecule has 2 heterocycles. The molecule has 1 aliphatic carbocycles. The fourth-order valence-corrected chi connectivity index (χ4v) is 1.65. The normalized spacial score (nSPS) is 14.7. The quantitative estimate of drug-likeness (QED) is 0.866. The van der Waals surface area contributed by atoms with Crippen molar-refractivity contribution in [1.82, 2.24) is 15.5 Å². The second-order valence-electron chi connectivity index (χ2n) is 4.34. The van der Waals surface area contributed by atoms with E-state index in [0.29, 0.717) is 30.3 Å². The average Bonchev–Trinajstić information content (AvgIpc) is 2.92. The van der Waals surface area contributed by atoms with Gasteiger partial charge in [0.15, 0.2) is 5.82 Å². The Hall–Kier alpha value is -2.11. The van der Waals surface area contributed by atoms with Gasteiger partial charge in [-0.2, -0.15) is 4.98 Å². The Balaban J connectivity index is 1.47. The maximum Gasteiger partial charge on any atom is 0.254 e. The van der Waals surface area contributed by atoms with Crippen molar-refractivity contribution in [3.63, 3.8) is 0 Å². The second kappa shape index (κ2) is 4.64. The number of nitrogens with one attached hydrogen (secondary N) is 1. The summed E-state index contributed by atoms with van der Waals surface area (Å²) in [5.41, 5.74) is 0.516. The van der Waals surface area contributed by atoms with Crippen molar-refractivity contribution in [1.29, 1.82) is 0 Å². The van der Waals surface area contributed by atoms with E-state index in [9.17, 15) is 4.79 Å². The number of amides is 1. The van der Waals surface area contributed by atoms with Crippen LogP contribution in [0.2, 0.25) is 0 Å². The third-order valence-corrected chi connectivity index (χ3v) is 2.83. The van der Waals surface area contributed by atoms with Crippen LogP contribution in [0.25, 0.3) is 0 Å². The average molecular weight is 247 g/mol. The first-order valence-corrected chi connectivity index (χ1v) is 5.96. The lowest BCUT2D eigenvalue weighted by Crippen LogP contribution is -2.25. The first kappa shape index (κ1) is 11.0. The minimum Gasteiger partial charge on any atom is -0.472 e. The summed E-state index contributed by atoms with van der Waals surface area (Å²) in [6.07, 6.45) is 5.72. The van der Waals surface area contributed by atoms with Crippen molar-refractivity contribution in [2.75, 3.05) is 6.54 Å². The number of hydrogen-bond acceptors (Lipinski definition) is 5. The monoisotopic (exact) mass is 247 g/mol. The van der Waals surface area contributed by atoms with Crippen LogP contribution in [0.5, 0.6) is 0 Å². The molecule has 94 valence electrons. The van der Waals surface area contributed by atoms with E-state index in [1.165, 1.54) is 12.5 Å². The summed E-state index contributed by atoms with van der Waals surface area (Å²) in [5.74, 6) is 1.68. The zero-order chi connectivity index (χ0) is 12.4. The Labute approximate surface area is 103 Å². The van der Waals surface area contributed by atoms with E-state index in [-0.39, 0.29) is 5.91 Å². The number of hydrogen-bond donors (Lipinski definition) is 1. The molecule has 0 spiro atoms. The van der Waals surface area contributed by atoms with Gasteiger partial charge in [0.2, 0.25) is 5.89 Å². The molecule has 6 nitrogen and oxygen atoms in total. The van der Waals surface area contributed by atoms with Gasteiger partial charge in [0.1, 0.15) is 6.26 Å². The van der Waals surface area contributed by atoms with Crippen LogP contribution < -0.4 is 5.32 Å². The highest BCUT2D eigenvalue weighted by Crippen LogP contribution is 2.38. The molecule has 1 saturated carbocycles. The number of nitrogens with zero attached hydrogens (tertiary/aromatic N) is 2. The Kier molecular flexibility index (Phi) is 2.84. The van der Waals surface area contributed by atoms with Gasteiger partial charge in [-0.05, 0) is 18.9 Å². The molecule has 0 unspecified atom stereocenters. The highest BCUT2D eigenvalue weighted by molar-refractivity contribution is 5.93. The fourth-order valence-electron chi connectivity index (χ4n) is 1.65. The van der Waals surface area contributed by atoms with Crippen molar-refractivity contribution >= 4 is 5.91 Å². The first-order chi connectivity index (χ1) is 8.83. The lowest BCUT2D eigenvalue weighted by molar-refractivity contribution is 0.0953. The maximum absolute atomic E-state index is 11.6. The molecule has 0 aliphatic heterocycles. The van der Waals surface area contributed by atoms with Crippen molar-refractivity contribution < 1.29 is 13.7 Å². The van der Waals surface area contributed by atoms with E-state index in [1.807, 2.05) is 0 Å². The van der Waals surface area contributed by atoms with E-state index in [0.717, 1.165) is 18.7 Å². The number of carbonyl (C=O) groups excluding carboxylic acids is 1. The summed E-state index contributed by atoms with van der Waals surface area (Å²) in [7, 11) is 0. The van der Waals surface area contributed by atoms with Gasteiger partial charge in [-0.15, -0.1) is 0 Å². The summed E-state index contributed by atoms with van der Waals surface area (Å²) in [6.45, 7) is 0.480. The molecule has 0 bridgehead atoms. The number of carbonyl (C=O) groups is 1. The largest absolute Gasteiger partial charge is 0.472 e. The minimum absolute atomic E-state index is 0.158. The molecule has 2 aromatic heterocycles. The molecule has 3 rings (SSSR count). The number of rotatable bonds is 5. The third kappa shape index (κ3) is 2.42. The Bertz CT molecular complexity index is 529. The Morgan fingerprint density at radius 2 is 2.39 bits per heavy atom. The van der Waals surface area contributed by atoms with Crippen LogP contribution in [0.15, 0.2) is 27.5 Å². The zero-order valence-corrected chi connectivity index (χ0v) is 9.76. The SMILES string of the molecule is O=C(NCCc1noc(C2CC2)n1)c1ccoc1. The molecule has 0 atom stereocenters. The molecular weight excluding hydrogens is 234 g/mol. The van der Waals surface area contributed by atoms with Crippen LogP contribution in [-0.2, 0) is 6.42 Å². The van der Waals surface area contributed by atoms with Crippen LogP contribution in [0.1, 0.15) is 40.8 Å². The van der Waals surface area contributed by atoms with Gasteiger partial charge in [0, 0.05) is 18.9 Å². The second-order valence-corrected chi connectivity index (χ2v) is 4.34. The molecule has 6 heteroatoms. The van der Waals surface area contributed by atoms with Gasteiger partial charge in [-0.1, -0.05) is 5.16 Å². The summed E-state index contributed by atoms with van der Waals surface area (Å²) < 4.78 is 9.97. The predicted octanol–water partition coefficient (Wildman–Crippen LogP) is 1.51. The molecule has 1 N–H and O–H groups in total. The topological polar surface area (TPSA) is 81.2 Å². The van der Waals surface area contributed by atoms with Crippen molar-refractivity contribution in [3.05, 3.63) is 35.9 Å². The molecule has 0 radical (unpaired) electrons.